The summed E-state index contributed by atoms with van der Waals surface area (Å²) in [4.78, 5) is 13.5. The maximum Gasteiger partial charge on any atom is 0.261 e. The Labute approximate surface area is 122 Å². The summed E-state index contributed by atoms with van der Waals surface area (Å²) >= 11 is 1.39. The molecule has 0 bridgehead atoms. The van der Waals surface area contributed by atoms with Crippen molar-refractivity contribution in [3.8, 4) is 21.9 Å². The summed E-state index contributed by atoms with van der Waals surface area (Å²) in [5, 5.41) is 12.6. The summed E-state index contributed by atoms with van der Waals surface area (Å²) < 4.78 is 5.01. The summed E-state index contributed by atoms with van der Waals surface area (Å²) in [7, 11) is 1.51. The molecular formula is C15H17NO3S. The third kappa shape index (κ3) is 3.11. The van der Waals surface area contributed by atoms with Crippen LogP contribution in [0.3, 0.4) is 0 Å². The van der Waals surface area contributed by atoms with E-state index in [0.717, 1.165) is 10.4 Å². The highest BCUT2D eigenvalue weighted by molar-refractivity contribution is 7.17. The molecule has 1 heterocycles. The van der Waals surface area contributed by atoms with Crippen LogP contribution in [-0.2, 0) is 0 Å². The van der Waals surface area contributed by atoms with Gasteiger partial charge in [-0.05, 0) is 49.7 Å². The fourth-order valence-corrected chi connectivity index (χ4v) is 2.70. The number of methoxy groups -OCH3 is 1. The lowest BCUT2D eigenvalue weighted by Crippen LogP contribution is -2.29. The Morgan fingerprint density at radius 2 is 2.05 bits per heavy atom. The molecule has 1 amide bonds. The Kier molecular flexibility index (Phi) is 4.29. The zero-order valence-electron chi connectivity index (χ0n) is 11.6. The minimum Gasteiger partial charge on any atom is -0.504 e. The lowest BCUT2D eigenvalue weighted by molar-refractivity contribution is 0.0947. The van der Waals surface area contributed by atoms with E-state index in [-0.39, 0.29) is 17.7 Å². The van der Waals surface area contributed by atoms with Crippen LogP contribution in [0.2, 0.25) is 0 Å². The molecule has 0 saturated heterocycles. The van der Waals surface area contributed by atoms with Crippen LogP contribution in [0.15, 0.2) is 30.3 Å². The highest BCUT2D eigenvalue weighted by atomic mass is 32.1. The predicted octanol–water partition coefficient (Wildman–Crippen LogP) is 3.27. The van der Waals surface area contributed by atoms with Gasteiger partial charge in [-0.15, -0.1) is 11.3 Å². The van der Waals surface area contributed by atoms with Gasteiger partial charge in [-0.2, -0.15) is 0 Å². The van der Waals surface area contributed by atoms with E-state index in [1.54, 1.807) is 18.2 Å². The number of phenols is 1. The monoisotopic (exact) mass is 291 g/mol. The highest BCUT2D eigenvalue weighted by Gasteiger charge is 2.12. The molecule has 0 atom stereocenters. The van der Waals surface area contributed by atoms with E-state index < -0.39 is 0 Å². The third-order valence-corrected chi connectivity index (χ3v) is 3.85. The zero-order chi connectivity index (χ0) is 14.7. The van der Waals surface area contributed by atoms with Crippen molar-refractivity contribution < 1.29 is 14.6 Å². The van der Waals surface area contributed by atoms with E-state index in [0.29, 0.717) is 10.6 Å². The lowest BCUT2D eigenvalue weighted by Gasteiger charge is -2.06. The predicted molar refractivity (Wildman–Crippen MR) is 80.6 cm³/mol. The van der Waals surface area contributed by atoms with E-state index in [1.165, 1.54) is 18.4 Å². The van der Waals surface area contributed by atoms with Gasteiger partial charge in [0.2, 0.25) is 0 Å². The summed E-state index contributed by atoms with van der Waals surface area (Å²) in [6.45, 7) is 3.85. The molecule has 0 spiro atoms. The zero-order valence-corrected chi connectivity index (χ0v) is 12.5. The Balaban J connectivity index is 2.24. The van der Waals surface area contributed by atoms with Crippen molar-refractivity contribution >= 4 is 17.2 Å². The number of carbonyl (C=O) groups excluding carboxylic acids is 1. The van der Waals surface area contributed by atoms with E-state index in [9.17, 15) is 9.90 Å². The van der Waals surface area contributed by atoms with Gasteiger partial charge in [0.15, 0.2) is 11.5 Å². The van der Waals surface area contributed by atoms with Crippen LogP contribution >= 0.6 is 11.3 Å². The van der Waals surface area contributed by atoms with Gasteiger partial charge in [-0.1, -0.05) is 0 Å². The van der Waals surface area contributed by atoms with Gasteiger partial charge in [-0.25, -0.2) is 0 Å². The molecule has 0 fully saturated rings. The molecule has 0 saturated carbocycles. The minimum atomic E-state index is -0.0750. The average molecular weight is 291 g/mol. The van der Waals surface area contributed by atoms with Gasteiger partial charge >= 0.3 is 0 Å². The first-order valence-corrected chi connectivity index (χ1v) is 7.11. The SMILES string of the molecule is COc1ccc(-c2ccc(C(=O)NC(C)C)s2)cc1O. The molecule has 20 heavy (non-hydrogen) atoms. The molecule has 4 nitrogen and oxygen atoms in total. The van der Waals surface area contributed by atoms with Crippen molar-refractivity contribution in [1.29, 1.82) is 0 Å². The second kappa shape index (κ2) is 5.96. The highest BCUT2D eigenvalue weighted by Crippen LogP contribution is 2.34. The first-order chi connectivity index (χ1) is 9.51. The molecule has 0 radical (unpaired) electrons. The van der Waals surface area contributed by atoms with Crippen molar-refractivity contribution in [3.05, 3.63) is 35.2 Å². The molecule has 0 unspecified atom stereocenters. The maximum atomic E-state index is 11.9. The van der Waals surface area contributed by atoms with Crippen LogP contribution in [0.4, 0.5) is 0 Å². The second-order valence-corrected chi connectivity index (χ2v) is 5.76. The second-order valence-electron chi connectivity index (χ2n) is 4.68. The van der Waals surface area contributed by atoms with Gasteiger partial charge in [0.05, 0.1) is 12.0 Å². The van der Waals surface area contributed by atoms with E-state index in [1.807, 2.05) is 26.0 Å². The molecular weight excluding hydrogens is 274 g/mol. The maximum absolute atomic E-state index is 11.9. The summed E-state index contributed by atoms with van der Waals surface area (Å²) in [6.07, 6.45) is 0. The van der Waals surface area contributed by atoms with Crippen molar-refractivity contribution in [2.45, 2.75) is 19.9 Å². The molecule has 5 heteroatoms. The van der Waals surface area contributed by atoms with Crippen molar-refractivity contribution in [3.63, 3.8) is 0 Å². The number of nitrogens with one attached hydrogen (secondary N) is 1. The minimum absolute atomic E-state index is 0.0750. The van der Waals surface area contributed by atoms with Crippen LogP contribution in [-0.4, -0.2) is 24.2 Å². The number of rotatable bonds is 4. The molecule has 0 aliphatic carbocycles. The molecule has 2 aromatic rings. The molecule has 106 valence electrons. The number of aromatic hydroxyl groups is 1. The number of carbonyl (C=O) groups is 1. The third-order valence-electron chi connectivity index (χ3n) is 2.71. The van der Waals surface area contributed by atoms with Crippen LogP contribution in [0.25, 0.3) is 10.4 Å². The largest absolute Gasteiger partial charge is 0.504 e. The number of hydrogen-bond donors (Lipinski definition) is 2. The van der Waals surface area contributed by atoms with Crippen molar-refractivity contribution in [2.75, 3.05) is 7.11 Å². The first-order valence-electron chi connectivity index (χ1n) is 6.29. The Morgan fingerprint density at radius 3 is 2.65 bits per heavy atom. The number of hydrogen-bond acceptors (Lipinski definition) is 4. The van der Waals surface area contributed by atoms with Crippen molar-refractivity contribution in [2.24, 2.45) is 0 Å². The molecule has 1 aromatic carbocycles. The Hall–Kier alpha value is -2.01. The normalized spacial score (nSPS) is 10.6. The lowest BCUT2D eigenvalue weighted by atomic mass is 10.1. The Bertz CT molecular complexity index is 619. The smallest absolute Gasteiger partial charge is 0.261 e. The molecule has 2 N–H and O–H groups in total. The van der Waals surface area contributed by atoms with Gasteiger partial charge in [0, 0.05) is 10.9 Å². The number of ether oxygens (including phenoxy) is 1. The van der Waals surface area contributed by atoms with Gasteiger partial charge in [-0.3, -0.25) is 4.79 Å². The van der Waals surface area contributed by atoms with Crippen LogP contribution in [0.5, 0.6) is 11.5 Å². The molecule has 0 aliphatic rings. The van der Waals surface area contributed by atoms with Crippen LogP contribution in [0.1, 0.15) is 23.5 Å². The quantitative estimate of drug-likeness (QED) is 0.909. The Morgan fingerprint density at radius 1 is 1.30 bits per heavy atom. The fraction of sp³-hybridized carbons (Fsp3) is 0.267. The molecule has 1 aromatic heterocycles. The summed E-state index contributed by atoms with van der Waals surface area (Å²) in [6, 6.07) is 8.97. The number of thiophene rings is 1. The molecule has 0 aliphatic heterocycles. The van der Waals surface area contributed by atoms with Crippen molar-refractivity contribution in [1.82, 2.24) is 5.32 Å². The van der Waals surface area contributed by atoms with Gasteiger partial charge < -0.3 is 15.2 Å². The summed E-state index contributed by atoms with van der Waals surface area (Å²) in [5.74, 6) is 0.448. The van der Waals surface area contributed by atoms with E-state index in [4.69, 9.17) is 4.74 Å². The topological polar surface area (TPSA) is 58.6 Å². The van der Waals surface area contributed by atoms with E-state index in [2.05, 4.69) is 5.32 Å². The number of amides is 1. The van der Waals surface area contributed by atoms with Crippen LogP contribution in [0, 0.1) is 0 Å². The fourth-order valence-electron chi connectivity index (χ4n) is 1.79. The molecule has 2 rings (SSSR count). The van der Waals surface area contributed by atoms with E-state index >= 15 is 0 Å². The standard InChI is InChI=1S/C15H17NO3S/c1-9(2)16-15(18)14-7-6-13(20-14)10-4-5-12(19-3)11(17)8-10/h4-9,17H,1-3H3,(H,16,18). The average Bonchev–Trinajstić information content (AvgIpc) is 2.87. The number of phenolic OH excluding ortho intramolecular Hbond substituents is 1. The van der Waals surface area contributed by atoms with Gasteiger partial charge in [0.25, 0.3) is 5.91 Å². The summed E-state index contributed by atoms with van der Waals surface area (Å²) in [5.41, 5.74) is 0.858. The van der Waals surface area contributed by atoms with Gasteiger partial charge in [0.1, 0.15) is 0 Å². The van der Waals surface area contributed by atoms with Crippen LogP contribution < -0.4 is 10.1 Å². The first kappa shape index (κ1) is 14.4. The number of benzene rings is 1.